The van der Waals surface area contributed by atoms with Gasteiger partial charge in [0.2, 0.25) is 0 Å². The summed E-state index contributed by atoms with van der Waals surface area (Å²) in [6.07, 6.45) is 11.7. The molecule has 0 unspecified atom stereocenters. The highest BCUT2D eigenvalue weighted by atomic mass is 28.4. The van der Waals surface area contributed by atoms with Crippen LogP contribution >= 0.6 is 0 Å². The molecular formula is C38H74O5Si2. The first-order valence-corrected chi connectivity index (χ1v) is 23.6. The van der Waals surface area contributed by atoms with Gasteiger partial charge in [-0.2, -0.15) is 0 Å². The lowest BCUT2D eigenvalue weighted by Crippen LogP contribution is -2.58. The largest absolute Gasteiger partial charge is 0.414 e. The van der Waals surface area contributed by atoms with Crippen LogP contribution in [0.15, 0.2) is 23.3 Å². The minimum atomic E-state index is -1.89. The van der Waals surface area contributed by atoms with Crippen molar-refractivity contribution in [1.29, 1.82) is 0 Å². The van der Waals surface area contributed by atoms with Crippen molar-refractivity contribution in [2.75, 3.05) is 0 Å². The van der Waals surface area contributed by atoms with E-state index in [2.05, 4.69) is 108 Å². The summed E-state index contributed by atoms with van der Waals surface area (Å²) in [5.74, 6) is -0.609. The van der Waals surface area contributed by atoms with Gasteiger partial charge in [-0.05, 0) is 87.9 Å². The molecule has 1 aliphatic rings. The minimum absolute atomic E-state index is 0.0733. The summed E-state index contributed by atoms with van der Waals surface area (Å²) in [5.41, 5.74) is 2.10. The third kappa shape index (κ3) is 12.1. The van der Waals surface area contributed by atoms with Gasteiger partial charge in [-0.3, -0.25) is 0 Å². The zero-order chi connectivity index (χ0) is 34.9. The molecule has 264 valence electrons. The van der Waals surface area contributed by atoms with Crippen molar-refractivity contribution in [2.24, 2.45) is 11.3 Å². The van der Waals surface area contributed by atoms with E-state index in [1.54, 1.807) is 0 Å². The van der Waals surface area contributed by atoms with Crippen LogP contribution in [0.2, 0.25) is 36.3 Å². The Morgan fingerprint density at radius 3 is 1.98 bits per heavy atom. The Morgan fingerprint density at radius 1 is 0.911 bits per heavy atom. The number of aldehydes is 1. The zero-order valence-electron chi connectivity index (χ0n) is 32.5. The van der Waals surface area contributed by atoms with Crippen LogP contribution in [0.1, 0.15) is 135 Å². The molecule has 1 heterocycles. The van der Waals surface area contributed by atoms with Gasteiger partial charge in [0.05, 0.1) is 18.3 Å². The number of carbonyl (C=O) groups is 1. The van der Waals surface area contributed by atoms with Crippen LogP contribution in [0.4, 0.5) is 0 Å². The first kappa shape index (κ1) is 42.4. The molecule has 0 radical (unpaired) electrons. The third-order valence-corrected chi connectivity index (χ3v) is 20.1. The maximum absolute atomic E-state index is 11.7. The van der Waals surface area contributed by atoms with E-state index in [1.165, 1.54) is 24.8 Å². The molecule has 1 aliphatic heterocycles. The van der Waals surface area contributed by atoms with Gasteiger partial charge in [-0.1, -0.05) is 101 Å². The average Bonchev–Trinajstić information content (AvgIpc) is 2.94. The molecular weight excluding hydrogens is 593 g/mol. The molecule has 0 bridgehead atoms. The molecule has 1 saturated heterocycles. The van der Waals surface area contributed by atoms with E-state index < -0.39 is 22.4 Å². The van der Waals surface area contributed by atoms with Gasteiger partial charge < -0.3 is 23.1 Å². The Labute approximate surface area is 281 Å². The molecule has 5 nitrogen and oxygen atoms in total. The summed E-state index contributed by atoms with van der Waals surface area (Å²) in [6.45, 7) is 35.9. The van der Waals surface area contributed by atoms with Crippen molar-refractivity contribution in [3.63, 3.8) is 0 Å². The second-order valence-corrected chi connectivity index (χ2v) is 25.9. The van der Waals surface area contributed by atoms with Crippen LogP contribution in [0.25, 0.3) is 0 Å². The summed E-state index contributed by atoms with van der Waals surface area (Å²) >= 11 is 0. The molecule has 5 atom stereocenters. The third-order valence-electron chi connectivity index (χ3n) is 10.9. The summed E-state index contributed by atoms with van der Waals surface area (Å²) in [6, 6.07) is 3.20. The van der Waals surface area contributed by atoms with E-state index in [1.807, 2.05) is 13.8 Å². The molecule has 0 amide bonds. The summed E-state index contributed by atoms with van der Waals surface area (Å²) in [7, 11) is -3.76. The number of hydrogen-bond donors (Lipinski definition) is 0. The van der Waals surface area contributed by atoms with Gasteiger partial charge in [0, 0.05) is 23.9 Å². The molecule has 45 heavy (non-hydrogen) atoms. The molecule has 0 aromatic heterocycles. The fourth-order valence-corrected chi connectivity index (χ4v) is 11.0. The molecule has 1 rings (SSSR count). The second-order valence-electron chi connectivity index (χ2n) is 16.5. The van der Waals surface area contributed by atoms with Crippen LogP contribution in [0.5, 0.6) is 0 Å². The normalized spacial score (nSPS) is 23.5. The Morgan fingerprint density at radius 2 is 1.49 bits per heavy atom. The maximum atomic E-state index is 11.7. The molecule has 0 saturated carbocycles. The standard InChI is InChI=1S/C38H74O5Si2/c1-17-21-22-23-32(42-44(15,16)36(8,9)10)25-24-29(5)34-37(11,12)35(41-38(13,14)40-34)31(7)28-30(6)33(26-27-39)43-45(18-2,19-3)20-4/h24,27-28,31-35H,17-23,25-26H2,1-16H3/b29-24+,30-28+/t31-,32-,33+,34-,35+/m1/s1. The van der Waals surface area contributed by atoms with E-state index in [-0.39, 0.29) is 40.8 Å². The second kappa shape index (κ2) is 17.7. The lowest BCUT2D eigenvalue weighted by Gasteiger charge is -2.53. The summed E-state index contributed by atoms with van der Waals surface area (Å²) < 4.78 is 27.2. The Kier molecular flexibility index (Phi) is 16.7. The van der Waals surface area contributed by atoms with E-state index in [4.69, 9.17) is 18.3 Å². The SMILES string of the molecule is CCCCC[C@H](C/C=C(\C)[C@H]1OC(C)(C)O[C@@H]([C@H](C)/C=C(\C)[C@H](CC=O)O[Si](CC)(CC)CC)C1(C)C)O[Si](C)(C)C(C)(C)C. The highest BCUT2D eigenvalue weighted by Gasteiger charge is 2.51. The van der Waals surface area contributed by atoms with Crippen molar-refractivity contribution in [3.8, 4) is 0 Å². The van der Waals surface area contributed by atoms with Gasteiger partial charge in [0.15, 0.2) is 22.4 Å². The highest BCUT2D eigenvalue weighted by Crippen LogP contribution is 2.46. The van der Waals surface area contributed by atoms with Crippen LogP contribution in [0, 0.1) is 11.3 Å². The maximum Gasteiger partial charge on any atom is 0.192 e. The van der Waals surface area contributed by atoms with E-state index in [0.717, 1.165) is 42.8 Å². The Bertz CT molecular complexity index is 949. The van der Waals surface area contributed by atoms with E-state index in [9.17, 15) is 4.79 Å². The van der Waals surface area contributed by atoms with Gasteiger partial charge in [-0.15, -0.1) is 0 Å². The summed E-state index contributed by atoms with van der Waals surface area (Å²) in [5, 5.41) is 0.183. The Hall–Kier alpha value is -0.576. The molecule has 7 heteroatoms. The molecule has 0 aromatic rings. The van der Waals surface area contributed by atoms with Crippen molar-refractivity contribution < 1.29 is 23.1 Å². The number of hydrogen-bond acceptors (Lipinski definition) is 5. The fraction of sp³-hybridized carbons (Fsp3) is 0.868. The van der Waals surface area contributed by atoms with Gasteiger partial charge >= 0.3 is 0 Å². The smallest absolute Gasteiger partial charge is 0.192 e. The van der Waals surface area contributed by atoms with Crippen LogP contribution in [-0.4, -0.2) is 53.1 Å². The van der Waals surface area contributed by atoms with Crippen molar-refractivity contribution >= 4 is 22.9 Å². The predicted molar refractivity (Wildman–Crippen MR) is 198 cm³/mol. The highest BCUT2D eigenvalue weighted by molar-refractivity contribution is 6.74. The van der Waals surface area contributed by atoms with Crippen molar-refractivity contribution in [2.45, 2.75) is 202 Å². The topological polar surface area (TPSA) is 54.0 Å². The molecule has 0 N–H and O–H groups in total. The van der Waals surface area contributed by atoms with Gasteiger partial charge in [0.25, 0.3) is 0 Å². The van der Waals surface area contributed by atoms with Gasteiger partial charge in [-0.25, -0.2) is 0 Å². The first-order valence-electron chi connectivity index (χ1n) is 18.2. The van der Waals surface area contributed by atoms with E-state index >= 15 is 0 Å². The monoisotopic (exact) mass is 667 g/mol. The van der Waals surface area contributed by atoms with Crippen LogP contribution in [-0.2, 0) is 23.1 Å². The predicted octanol–water partition coefficient (Wildman–Crippen LogP) is 11.4. The minimum Gasteiger partial charge on any atom is -0.414 e. The van der Waals surface area contributed by atoms with Crippen molar-refractivity contribution in [3.05, 3.63) is 23.3 Å². The Balaban J connectivity index is 3.35. The number of carbonyl (C=O) groups excluding carboxylic acids is 1. The molecule has 0 spiro atoms. The average molecular weight is 667 g/mol. The van der Waals surface area contributed by atoms with Crippen LogP contribution in [0.3, 0.4) is 0 Å². The molecule has 1 fully saturated rings. The lowest BCUT2D eigenvalue weighted by molar-refractivity contribution is -0.339. The molecule has 0 aromatic carbocycles. The van der Waals surface area contributed by atoms with Crippen LogP contribution < -0.4 is 0 Å². The number of unbranched alkanes of at least 4 members (excludes halogenated alkanes) is 2. The van der Waals surface area contributed by atoms with Crippen molar-refractivity contribution in [1.82, 2.24) is 0 Å². The lowest BCUT2D eigenvalue weighted by atomic mass is 9.71. The zero-order valence-corrected chi connectivity index (χ0v) is 34.5. The number of rotatable bonds is 19. The van der Waals surface area contributed by atoms with E-state index in [0.29, 0.717) is 6.42 Å². The molecule has 0 aliphatic carbocycles. The fourth-order valence-electron chi connectivity index (χ4n) is 6.73. The number of ether oxygens (including phenoxy) is 2. The van der Waals surface area contributed by atoms with Gasteiger partial charge in [0.1, 0.15) is 6.29 Å². The quantitative estimate of drug-likeness (QED) is 0.0594. The summed E-state index contributed by atoms with van der Waals surface area (Å²) in [4.78, 5) is 11.7. The first-order chi connectivity index (χ1) is 20.7.